The third kappa shape index (κ3) is 2.97. The average molecular weight is 330 g/mol. The lowest BCUT2D eigenvalue weighted by Gasteiger charge is -2.42. The third-order valence-corrected chi connectivity index (χ3v) is 4.90. The molecule has 23 heavy (non-hydrogen) atoms. The molecular formula is C19H26N2OS. The van der Waals surface area contributed by atoms with Gasteiger partial charge in [0.15, 0.2) is 0 Å². The highest BCUT2D eigenvalue weighted by Gasteiger charge is 2.53. The van der Waals surface area contributed by atoms with Gasteiger partial charge in [-0.2, -0.15) is 0 Å². The van der Waals surface area contributed by atoms with Crippen LogP contribution in [0.3, 0.4) is 0 Å². The first-order valence-corrected chi connectivity index (χ1v) is 8.35. The number of benzene rings is 1. The minimum atomic E-state index is -0.695. The number of thiocarbonyl (C=S) groups is 1. The van der Waals surface area contributed by atoms with Gasteiger partial charge in [0.2, 0.25) is 0 Å². The summed E-state index contributed by atoms with van der Waals surface area (Å²) in [4.78, 5) is 20.4. The van der Waals surface area contributed by atoms with Crippen molar-refractivity contribution in [2.75, 3.05) is 0 Å². The lowest BCUT2D eigenvalue weighted by Crippen LogP contribution is -2.55. The summed E-state index contributed by atoms with van der Waals surface area (Å²) < 4.78 is 0. The minimum absolute atomic E-state index is 0.0870. The molecule has 1 aromatic rings. The minimum Gasteiger partial charge on any atom is -0.271 e. The molecule has 1 aliphatic rings. The van der Waals surface area contributed by atoms with Gasteiger partial charge in [-0.15, -0.1) is 0 Å². The monoisotopic (exact) mass is 330 g/mol. The smallest absolute Gasteiger partial charge is 0.260 e. The second kappa shape index (κ2) is 5.52. The van der Waals surface area contributed by atoms with E-state index in [0.29, 0.717) is 10.6 Å². The van der Waals surface area contributed by atoms with Gasteiger partial charge in [-0.25, -0.2) is 0 Å². The van der Waals surface area contributed by atoms with E-state index in [-0.39, 0.29) is 16.7 Å². The number of carbonyl (C=O) groups excluding carboxylic acids is 1. The molecule has 0 bridgehead atoms. The normalized spacial score (nSPS) is 22.3. The molecule has 124 valence electrons. The van der Waals surface area contributed by atoms with Crippen molar-refractivity contribution in [2.24, 2.45) is 15.8 Å². The van der Waals surface area contributed by atoms with Gasteiger partial charge >= 0.3 is 0 Å². The van der Waals surface area contributed by atoms with Gasteiger partial charge < -0.3 is 0 Å². The summed E-state index contributed by atoms with van der Waals surface area (Å²) in [7, 11) is 0. The van der Waals surface area contributed by atoms with Crippen LogP contribution >= 0.6 is 12.2 Å². The number of amides is 1. The van der Waals surface area contributed by atoms with E-state index >= 15 is 0 Å². The zero-order chi connectivity index (χ0) is 17.6. The summed E-state index contributed by atoms with van der Waals surface area (Å²) in [6.45, 7) is 14.5. The van der Waals surface area contributed by atoms with E-state index in [2.05, 4.69) is 41.5 Å². The molecule has 1 aliphatic heterocycles. The molecule has 0 aromatic heterocycles. The molecule has 0 aliphatic carbocycles. The maximum Gasteiger partial charge on any atom is 0.260 e. The molecule has 1 atom stereocenters. The number of rotatable bonds is 1. The van der Waals surface area contributed by atoms with Crippen molar-refractivity contribution >= 4 is 28.8 Å². The number of carbonyl (C=O) groups is 1. The third-order valence-electron chi connectivity index (χ3n) is 4.53. The van der Waals surface area contributed by atoms with E-state index in [1.54, 1.807) is 4.90 Å². The van der Waals surface area contributed by atoms with Crippen LogP contribution in [0.25, 0.3) is 0 Å². The number of aliphatic imine (C=N–C) groups is 1. The predicted octanol–water partition coefficient (Wildman–Crippen LogP) is 4.72. The van der Waals surface area contributed by atoms with E-state index in [1.807, 2.05) is 37.3 Å². The van der Waals surface area contributed by atoms with Crippen molar-refractivity contribution in [2.45, 2.75) is 54.1 Å². The Morgan fingerprint density at radius 3 is 2.04 bits per heavy atom. The van der Waals surface area contributed by atoms with Crippen molar-refractivity contribution in [3.05, 3.63) is 35.9 Å². The van der Waals surface area contributed by atoms with Crippen LogP contribution in [0.2, 0.25) is 0 Å². The van der Waals surface area contributed by atoms with Crippen molar-refractivity contribution in [3.8, 4) is 0 Å². The molecule has 1 heterocycles. The fourth-order valence-electron chi connectivity index (χ4n) is 2.61. The van der Waals surface area contributed by atoms with E-state index in [9.17, 15) is 4.79 Å². The molecule has 1 unspecified atom stereocenters. The summed E-state index contributed by atoms with van der Waals surface area (Å²) in [5, 5.41) is 0. The highest BCUT2D eigenvalue weighted by atomic mass is 32.1. The van der Waals surface area contributed by atoms with Crippen LogP contribution in [0, 0.1) is 10.8 Å². The van der Waals surface area contributed by atoms with Crippen LogP contribution in [0.15, 0.2) is 35.3 Å². The Balaban J connectivity index is 2.58. The molecule has 0 saturated heterocycles. The van der Waals surface area contributed by atoms with Crippen LogP contribution in [0.5, 0.6) is 0 Å². The number of nitrogens with zero attached hydrogens (tertiary/aromatic N) is 2. The Labute approximate surface area is 144 Å². The Hall–Kier alpha value is -1.55. The Morgan fingerprint density at radius 2 is 1.61 bits per heavy atom. The summed E-state index contributed by atoms with van der Waals surface area (Å²) in [5.41, 5.74) is 0.327. The van der Waals surface area contributed by atoms with E-state index in [0.717, 1.165) is 5.71 Å². The van der Waals surface area contributed by atoms with Crippen molar-refractivity contribution in [1.82, 2.24) is 4.90 Å². The topological polar surface area (TPSA) is 32.7 Å². The van der Waals surface area contributed by atoms with E-state index in [4.69, 9.17) is 17.2 Å². The molecule has 0 fully saturated rings. The van der Waals surface area contributed by atoms with E-state index < -0.39 is 5.66 Å². The highest BCUT2D eigenvalue weighted by molar-refractivity contribution is 7.82. The fraction of sp³-hybridized carbons (Fsp3) is 0.526. The lowest BCUT2D eigenvalue weighted by atomic mass is 9.81. The van der Waals surface area contributed by atoms with Crippen LogP contribution in [-0.2, 0) is 0 Å². The zero-order valence-corrected chi connectivity index (χ0v) is 15.9. The summed E-state index contributed by atoms with van der Waals surface area (Å²) >= 11 is 5.68. The Morgan fingerprint density at radius 1 is 1.09 bits per heavy atom. The fourth-order valence-corrected chi connectivity index (χ4v) is 3.22. The molecule has 0 N–H and O–H groups in total. The molecule has 4 heteroatoms. The lowest BCUT2D eigenvalue weighted by molar-refractivity contribution is 0.0496. The summed E-state index contributed by atoms with van der Waals surface area (Å²) in [5.74, 6) is -0.0870. The van der Waals surface area contributed by atoms with Crippen LogP contribution in [-0.4, -0.2) is 27.2 Å². The maximum atomic E-state index is 13.2. The maximum absolute atomic E-state index is 13.2. The molecule has 1 aromatic carbocycles. The van der Waals surface area contributed by atoms with Crippen LogP contribution in [0.1, 0.15) is 58.8 Å². The molecule has 2 rings (SSSR count). The zero-order valence-electron chi connectivity index (χ0n) is 15.1. The van der Waals surface area contributed by atoms with Gasteiger partial charge in [-0.1, -0.05) is 72.0 Å². The second-order valence-corrected chi connectivity index (χ2v) is 8.68. The van der Waals surface area contributed by atoms with Gasteiger partial charge in [-0.05, 0) is 19.1 Å². The Bertz CT molecular complexity index is 665. The molecule has 1 amide bonds. The van der Waals surface area contributed by atoms with Crippen LogP contribution in [0.4, 0.5) is 0 Å². The number of hydrogen-bond acceptors (Lipinski definition) is 3. The van der Waals surface area contributed by atoms with Crippen LogP contribution < -0.4 is 0 Å². The SMILES string of the molecule is CC(C)(C)C1=NC(C)(C(C)(C)C)N(C(=O)c2ccccc2)C1=S. The molecule has 0 spiro atoms. The van der Waals surface area contributed by atoms with Crippen molar-refractivity contribution in [1.29, 1.82) is 0 Å². The first-order valence-electron chi connectivity index (χ1n) is 7.94. The van der Waals surface area contributed by atoms with Gasteiger partial charge in [0, 0.05) is 16.4 Å². The molecular weight excluding hydrogens is 304 g/mol. The van der Waals surface area contributed by atoms with E-state index in [1.165, 1.54) is 0 Å². The average Bonchev–Trinajstić information content (AvgIpc) is 2.71. The molecule has 0 radical (unpaired) electrons. The second-order valence-electron chi connectivity index (χ2n) is 8.29. The van der Waals surface area contributed by atoms with Crippen molar-refractivity contribution < 1.29 is 4.79 Å². The molecule has 3 nitrogen and oxygen atoms in total. The highest BCUT2D eigenvalue weighted by Crippen LogP contribution is 2.43. The van der Waals surface area contributed by atoms with Crippen molar-refractivity contribution in [3.63, 3.8) is 0 Å². The van der Waals surface area contributed by atoms with Gasteiger partial charge in [-0.3, -0.25) is 14.7 Å². The van der Waals surface area contributed by atoms with Gasteiger partial charge in [0.05, 0.1) is 5.71 Å². The number of hydrogen-bond donors (Lipinski definition) is 0. The standard InChI is InChI=1S/C19H26N2OS/c1-17(2,3)14-16(23)21(19(7,20-14)18(4,5)6)15(22)13-11-9-8-10-12-13/h8-12H,1-7H3. The first-order chi connectivity index (χ1) is 10.4. The van der Waals surface area contributed by atoms with Gasteiger partial charge in [0.1, 0.15) is 10.7 Å². The Kier molecular flexibility index (Phi) is 4.27. The van der Waals surface area contributed by atoms with Gasteiger partial charge in [0.25, 0.3) is 5.91 Å². The largest absolute Gasteiger partial charge is 0.271 e. The summed E-state index contributed by atoms with van der Waals surface area (Å²) in [6, 6.07) is 9.28. The first kappa shape index (κ1) is 17.8. The predicted molar refractivity (Wildman–Crippen MR) is 100.0 cm³/mol. The quantitative estimate of drug-likeness (QED) is 0.698. The molecule has 0 saturated carbocycles. The summed E-state index contributed by atoms with van der Waals surface area (Å²) in [6.07, 6.45) is 0.